The number of nitro groups is 1. The molecular formula is C13H16BrN3O3. The van der Waals surface area contributed by atoms with Crippen LogP contribution in [0.1, 0.15) is 23.7 Å². The van der Waals surface area contributed by atoms with Gasteiger partial charge in [-0.05, 0) is 19.4 Å². The number of hydrogen-bond acceptors (Lipinski definition) is 5. The highest BCUT2D eigenvalue weighted by atomic mass is 79.9. The largest absolute Gasteiger partial charge is 0.397 e. The van der Waals surface area contributed by atoms with E-state index in [2.05, 4.69) is 27.8 Å². The highest BCUT2D eigenvalue weighted by molar-refractivity contribution is 9.09. The molecule has 1 rings (SSSR count). The molecule has 0 unspecified atom stereocenters. The lowest BCUT2D eigenvalue weighted by atomic mass is 10.1. The number of nitrogen functional groups attached to an aromatic ring is 1. The molecule has 3 N–H and O–H groups in total. The maximum Gasteiger partial charge on any atom is 0.295 e. The highest BCUT2D eigenvalue weighted by Crippen LogP contribution is 2.33. The summed E-state index contributed by atoms with van der Waals surface area (Å²) in [5.74, 6) is -0.269. The summed E-state index contributed by atoms with van der Waals surface area (Å²) in [4.78, 5) is 21.9. The number of carbonyl (C=O) groups excluding carboxylic acids is 1. The van der Waals surface area contributed by atoms with Crippen molar-refractivity contribution < 1.29 is 9.72 Å². The molecule has 108 valence electrons. The molecule has 0 aromatic heterocycles. The third-order valence-electron chi connectivity index (χ3n) is 2.74. The second-order valence-electron chi connectivity index (χ2n) is 4.29. The monoisotopic (exact) mass is 341 g/mol. The van der Waals surface area contributed by atoms with Crippen LogP contribution in [-0.4, -0.2) is 22.1 Å². The maximum absolute atomic E-state index is 11.3. The van der Waals surface area contributed by atoms with E-state index in [4.69, 9.17) is 5.73 Å². The van der Waals surface area contributed by atoms with Gasteiger partial charge in [-0.3, -0.25) is 14.9 Å². The van der Waals surface area contributed by atoms with Crippen molar-refractivity contribution in [2.75, 3.05) is 16.4 Å². The molecule has 0 bridgehead atoms. The van der Waals surface area contributed by atoms with Gasteiger partial charge in [0.1, 0.15) is 5.69 Å². The molecule has 0 aliphatic rings. The summed E-state index contributed by atoms with van der Waals surface area (Å²) in [5.41, 5.74) is 6.26. The molecule has 0 amide bonds. The minimum Gasteiger partial charge on any atom is -0.397 e. The highest BCUT2D eigenvalue weighted by Gasteiger charge is 2.21. The van der Waals surface area contributed by atoms with Crippen LogP contribution < -0.4 is 11.1 Å². The van der Waals surface area contributed by atoms with Gasteiger partial charge in [0.25, 0.3) is 5.69 Å². The summed E-state index contributed by atoms with van der Waals surface area (Å²) in [6.07, 6.45) is 2.33. The zero-order valence-electron chi connectivity index (χ0n) is 11.1. The lowest BCUT2D eigenvalue weighted by Gasteiger charge is -2.17. The van der Waals surface area contributed by atoms with Crippen LogP contribution in [-0.2, 0) is 0 Å². The van der Waals surface area contributed by atoms with Crippen LogP contribution in [0.25, 0.3) is 0 Å². The average molecular weight is 342 g/mol. The quantitative estimate of drug-likeness (QED) is 0.198. The van der Waals surface area contributed by atoms with E-state index in [0.717, 1.165) is 0 Å². The Morgan fingerprint density at radius 1 is 1.65 bits per heavy atom. The van der Waals surface area contributed by atoms with E-state index in [9.17, 15) is 14.9 Å². The first-order chi connectivity index (χ1) is 9.40. The smallest absolute Gasteiger partial charge is 0.295 e. The van der Waals surface area contributed by atoms with Gasteiger partial charge < -0.3 is 11.1 Å². The molecule has 1 aromatic carbocycles. The predicted molar refractivity (Wildman–Crippen MR) is 83.5 cm³/mol. The lowest BCUT2D eigenvalue weighted by molar-refractivity contribution is -0.383. The molecule has 1 aromatic rings. The standard InChI is InChI=1S/C13H16BrN3O3/c1-3-4-10(7-14)16-13-11(15)5-9(8(2)18)6-12(13)17(19)20/h3,5-6,10,16H,1,4,7,15H2,2H3/t10-/m0/s1. The number of Topliss-reactive ketones (excluding diaryl/α,β-unsaturated/α-hetero) is 1. The number of halogens is 1. The van der Waals surface area contributed by atoms with Gasteiger partial charge in [-0.1, -0.05) is 22.0 Å². The number of benzene rings is 1. The molecule has 1 atom stereocenters. The minimum atomic E-state index is -0.551. The van der Waals surface area contributed by atoms with Crippen LogP contribution in [0.2, 0.25) is 0 Å². The molecule has 0 fully saturated rings. The van der Waals surface area contributed by atoms with E-state index in [0.29, 0.717) is 11.8 Å². The number of rotatable bonds is 7. The van der Waals surface area contributed by atoms with Gasteiger partial charge in [-0.25, -0.2) is 0 Å². The first-order valence-electron chi connectivity index (χ1n) is 5.93. The van der Waals surface area contributed by atoms with E-state index in [-0.39, 0.29) is 34.5 Å². The molecule has 0 radical (unpaired) electrons. The molecule has 0 spiro atoms. The van der Waals surface area contributed by atoms with E-state index in [1.165, 1.54) is 19.1 Å². The second kappa shape index (κ2) is 7.04. The first kappa shape index (κ1) is 16.2. The number of nitrogens with two attached hydrogens (primary N) is 1. The summed E-state index contributed by atoms with van der Waals surface area (Å²) in [7, 11) is 0. The molecule has 0 aliphatic heterocycles. The molecule has 0 saturated carbocycles. The van der Waals surface area contributed by atoms with Gasteiger partial charge in [-0.15, -0.1) is 6.58 Å². The van der Waals surface area contributed by atoms with Crippen molar-refractivity contribution in [3.05, 3.63) is 40.5 Å². The van der Waals surface area contributed by atoms with Crippen molar-refractivity contribution in [3.63, 3.8) is 0 Å². The van der Waals surface area contributed by atoms with Gasteiger partial charge in [-0.2, -0.15) is 0 Å². The van der Waals surface area contributed by atoms with Crippen molar-refractivity contribution in [1.29, 1.82) is 0 Å². The van der Waals surface area contributed by atoms with Crippen molar-refractivity contribution in [2.24, 2.45) is 0 Å². The van der Waals surface area contributed by atoms with Gasteiger partial charge in [0, 0.05) is 23.0 Å². The Morgan fingerprint density at radius 3 is 2.75 bits per heavy atom. The zero-order valence-corrected chi connectivity index (χ0v) is 12.6. The summed E-state index contributed by atoms with van der Waals surface area (Å²) < 4.78 is 0. The van der Waals surface area contributed by atoms with E-state index in [1.807, 2.05) is 0 Å². The molecule has 0 aliphatic carbocycles. The van der Waals surface area contributed by atoms with Gasteiger partial charge in [0.2, 0.25) is 0 Å². The number of nitro benzene ring substituents is 1. The number of ketones is 1. The Balaban J connectivity index is 3.26. The number of nitrogens with zero attached hydrogens (tertiary/aromatic N) is 1. The number of alkyl halides is 1. The van der Waals surface area contributed by atoms with E-state index >= 15 is 0 Å². The molecule has 0 saturated heterocycles. The molecule has 6 nitrogen and oxygen atoms in total. The lowest BCUT2D eigenvalue weighted by Crippen LogP contribution is -2.22. The maximum atomic E-state index is 11.3. The third kappa shape index (κ3) is 3.80. The summed E-state index contributed by atoms with van der Waals surface area (Å²) >= 11 is 3.32. The van der Waals surface area contributed by atoms with E-state index < -0.39 is 4.92 Å². The van der Waals surface area contributed by atoms with Crippen molar-refractivity contribution >= 4 is 38.8 Å². The average Bonchev–Trinajstić information content (AvgIpc) is 2.39. The fourth-order valence-corrected chi connectivity index (χ4v) is 2.15. The van der Waals surface area contributed by atoms with Crippen molar-refractivity contribution in [1.82, 2.24) is 0 Å². The van der Waals surface area contributed by atoms with Gasteiger partial charge in [0.15, 0.2) is 5.78 Å². The Labute approximate surface area is 125 Å². The minimum absolute atomic E-state index is 0.0725. The Kier molecular flexibility index (Phi) is 5.69. The predicted octanol–water partition coefficient (Wildman–Crippen LogP) is 3.13. The molecule has 7 heteroatoms. The van der Waals surface area contributed by atoms with Crippen LogP contribution in [0.4, 0.5) is 17.1 Å². The number of hydrogen-bond donors (Lipinski definition) is 2. The van der Waals surface area contributed by atoms with Crippen LogP contribution in [0.15, 0.2) is 24.8 Å². The summed E-state index contributed by atoms with van der Waals surface area (Å²) in [5, 5.41) is 14.7. The fraction of sp³-hybridized carbons (Fsp3) is 0.308. The summed E-state index contributed by atoms with van der Waals surface area (Å²) in [6, 6.07) is 2.61. The topological polar surface area (TPSA) is 98.3 Å². The number of carbonyl (C=O) groups is 1. The van der Waals surface area contributed by atoms with Crippen molar-refractivity contribution in [2.45, 2.75) is 19.4 Å². The van der Waals surface area contributed by atoms with Crippen LogP contribution in [0.5, 0.6) is 0 Å². The molecule has 0 heterocycles. The number of nitrogens with one attached hydrogen (secondary N) is 1. The molecule has 20 heavy (non-hydrogen) atoms. The van der Waals surface area contributed by atoms with Crippen LogP contribution >= 0.6 is 15.9 Å². The Morgan fingerprint density at radius 2 is 2.30 bits per heavy atom. The molecular weight excluding hydrogens is 326 g/mol. The van der Waals surface area contributed by atoms with E-state index in [1.54, 1.807) is 6.08 Å². The van der Waals surface area contributed by atoms with Crippen LogP contribution in [0, 0.1) is 10.1 Å². The van der Waals surface area contributed by atoms with Crippen molar-refractivity contribution in [3.8, 4) is 0 Å². The Bertz CT molecular complexity index is 546. The number of anilines is 2. The summed E-state index contributed by atoms with van der Waals surface area (Å²) in [6.45, 7) is 4.97. The SMILES string of the molecule is C=CC[C@@H](CBr)Nc1c(N)cc(C(C)=O)cc1[N+](=O)[O-]. The first-order valence-corrected chi connectivity index (χ1v) is 7.05. The second-order valence-corrected chi connectivity index (χ2v) is 4.94. The van der Waals surface area contributed by atoms with Gasteiger partial charge in [0.05, 0.1) is 10.6 Å². The third-order valence-corrected chi connectivity index (χ3v) is 3.52. The van der Waals surface area contributed by atoms with Gasteiger partial charge >= 0.3 is 0 Å². The zero-order chi connectivity index (χ0) is 15.3. The normalized spacial score (nSPS) is 11.7. The Hall–Kier alpha value is -1.89. The fourth-order valence-electron chi connectivity index (χ4n) is 1.72. The van der Waals surface area contributed by atoms with Crippen LogP contribution in [0.3, 0.4) is 0 Å².